The fourth-order valence-corrected chi connectivity index (χ4v) is 2.72. The molecule has 0 saturated carbocycles. The van der Waals surface area contributed by atoms with Crippen LogP contribution >= 0.6 is 15.9 Å². The van der Waals surface area contributed by atoms with E-state index in [2.05, 4.69) is 21.2 Å². The lowest BCUT2D eigenvalue weighted by Gasteiger charge is -2.17. The van der Waals surface area contributed by atoms with Gasteiger partial charge >= 0.3 is 0 Å². The highest BCUT2D eigenvalue weighted by molar-refractivity contribution is 9.10. The Bertz CT molecular complexity index is 744. The predicted octanol–water partition coefficient (Wildman–Crippen LogP) is 3.78. The highest BCUT2D eigenvalue weighted by Crippen LogP contribution is 2.20. The molecule has 23 heavy (non-hydrogen) atoms. The van der Waals surface area contributed by atoms with Gasteiger partial charge in [-0.05, 0) is 49.7 Å². The largest absolute Gasteiger partial charge is 0.332 e. The van der Waals surface area contributed by atoms with Crippen molar-refractivity contribution in [1.29, 1.82) is 0 Å². The van der Waals surface area contributed by atoms with Crippen LogP contribution in [0.3, 0.4) is 0 Å². The fourth-order valence-electron chi connectivity index (χ4n) is 2.24. The van der Waals surface area contributed by atoms with Gasteiger partial charge in [0.1, 0.15) is 0 Å². The van der Waals surface area contributed by atoms with Gasteiger partial charge in [0, 0.05) is 22.8 Å². The number of carbonyl (C=O) groups is 2. The quantitative estimate of drug-likeness (QED) is 0.884. The molecule has 0 aromatic heterocycles. The number of benzene rings is 2. The first-order valence-electron chi connectivity index (χ1n) is 7.25. The van der Waals surface area contributed by atoms with Crippen molar-refractivity contribution in [3.05, 3.63) is 63.6 Å². The number of anilines is 1. The van der Waals surface area contributed by atoms with E-state index in [1.54, 1.807) is 13.1 Å². The monoisotopic (exact) mass is 374 g/mol. The molecule has 0 heterocycles. The molecule has 2 amide bonds. The van der Waals surface area contributed by atoms with Crippen molar-refractivity contribution >= 4 is 33.4 Å². The normalized spacial score (nSPS) is 10.3. The molecule has 0 bridgehead atoms. The maximum absolute atomic E-state index is 12.3. The van der Waals surface area contributed by atoms with E-state index in [9.17, 15) is 9.59 Å². The van der Waals surface area contributed by atoms with E-state index in [1.807, 2.05) is 50.2 Å². The summed E-state index contributed by atoms with van der Waals surface area (Å²) in [6.07, 6.45) is 0. The Morgan fingerprint density at radius 2 is 1.87 bits per heavy atom. The molecule has 2 aromatic rings. The Hall–Kier alpha value is -2.14. The minimum absolute atomic E-state index is 0.00226. The minimum atomic E-state index is -0.223. The van der Waals surface area contributed by atoms with Crippen LogP contribution in [0.25, 0.3) is 0 Å². The third-order valence-electron chi connectivity index (χ3n) is 3.46. The lowest BCUT2D eigenvalue weighted by atomic mass is 10.1. The summed E-state index contributed by atoms with van der Waals surface area (Å²) >= 11 is 3.39. The average Bonchev–Trinajstić information content (AvgIpc) is 2.49. The highest BCUT2D eigenvalue weighted by Gasteiger charge is 2.15. The molecule has 0 aliphatic heterocycles. The van der Waals surface area contributed by atoms with Crippen molar-refractivity contribution < 1.29 is 9.59 Å². The molecule has 0 spiro atoms. The molecule has 0 radical (unpaired) electrons. The Labute approximate surface area is 144 Å². The topological polar surface area (TPSA) is 49.4 Å². The lowest BCUT2D eigenvalue weighted by molar-refractivity contribution is -0.116. The summed E-state index contributed by atoms with van der Waals surface area (Å²) in [4.78, 5) is 25.9. The van der Waals surface area contributed by atoms with Crippen LogP contribution in [0.5, 0.6) is 0 Å². The number of nitrogens with zero attached hydrogens (tertiary/aromatic N) is 1. The number of nitrogens with one attached hydrogen (secondary N) is 1. The predicted molar refractivity (Wildman–Crippen MR) is 95.6 cm³/mol. The summed E-state index contributed by atoms with van der Waals surface area (Å²) in [5.74, 6) is -0.393. The zero-order valence-corrected chi connectivity index (χ0v) is 15.0. The van der Waals surface area contributed by atoms with Crippen LogP contribution in [0, 0.1) is 13.8 Å². The minimum Gasteiger partial charge on any atom is -0.332 e. The summed E-state index contributed by atoms with van der Waals surface area (Å²) in [6, 6.07) is 13.0. The lowest BCUT2D eigenvalue weighted by Crippen LogP contribution is -2.35. The molecular formula is C18H19BrN2O2. The molecule has 1 N–H and O–H groups in total. The first-order valence-corrected chi connectivity index (χ1v) is 8.04. The molecule has 0 unspecified atom stereocenters. The third kappa shape index (κ3) is 4.66. The average molecular weight is 375 g/mol. The van der Waals surface area contributed by atoms with Gasteiger partial charge in [-0.3, -0.25) is 9.59 Å². The van der Waals surface area contributed by atoms with Crippen LogP contribution in [0.1, 0.15) is 21.5 Å². The second-order valence-electron chi connectivity index (χ2n) is 5.54. The first kappa shape index (κ1) is 17.2. The maximum atomic E-state index is 12.3. The number of carbonyl (C=O) groups excluding carboxylic acids is 2. The van der Waals surface area contributed by atoms with Crippen LogP contribution in [0.15, 0.2) is 46.9 Å². The van der Waals surface area contributed by atoms with E-state index in [0.717, 1.165) is 21.3 Å². The molecule has 120 valence electrons. The molecule has 2 rings (SSSR count). The smallest absolute Gasteiger partial charge is 0.254 e. The van der Waals surface area contributed by atoms with E-state index < -0.39 is 0 Å². The van der Waals surface area contributed by atoms with Gasteiger partial charge < -0.3 is 10.2 Å². The van der Waals surface area contributed by atoms with Gasteiger partial charge in [0.15, 0.2) is 0 Å². The van der Waals surface area contributed by atoms with Gasteiger partial charge in [-0.25, -0.2) is 0 Å². The maximum Gasteiger partial charge on any atom is 0.254 e. The van der Waals surface area contributed by atoms with Crippen molar-refractivity contribution in [2.45, 2.75) is 13.8 Å². The number of rotatable bonds is 4. The SMILES string of the molecule is Cc1cccc(C(=O)N(C)CC(=O)Nc2ccc(Br)cc2C)c1. The van der Waals surface area contributed by atoms with Gasteiger partial charge in [0.05, 0.1) is 6.54 Å². The number of hydrogen-bond acceptors (Lipinski definition) is 2. The van der Waals surface area contributed by atoms with Gasteiger partial charge in [0.25, 0.3) is 5.91 Å². The molecule has 0 aliphatic rings. The number of amides is 2. The van der Waals surface area contributed by atoms with E-state index in [4.69, 9.17) is 0 Å². The first-order chi connectivity index (χ1) is 10.9. The summed E-state index contributed by atoms with van der Waals surface area (Å²) in [6.45, 7) is 3.85. The van der Waals surface area contributed by atoms with Crippen molar-refractivity contribution in [2.75, 3.05) is 18.9 Å². The van der Waals surface area contributed by atoms with E-state index in [1.165, 1.54) is 4.90 Å². The van der Waals surface area contributed by atoms with Gasteiger partial charge in [0.2, 0.25) is 5.91 Å². The summed E-state index contributed by atoms with van der Waals surface area (Å²) in [5, 5.41) is 2.83. The molecule has 0 atom stereocenters. The van der Waals surface area contributed by atoms with Crippen LogP contribution in [-0.2, 0) is 4.79 Å². The van der Waals surface area contributed by atoms with Crippen molar-refractivity contribution in [3.63, 3.8) is 0 Å². The molecule has 4 nitrogen and oxygen atoms in total. The number of hydrogen-bond donors (Lipinski definition) is 1. The van der Waals surface area contributed by atoms with Crippen molar-refractivity contribution in [1.82, 2.24) is 4.90 Å². The van der Waals surface area contributed by atoms with Crippen molar-refractivity contribution in [2.24, 2.45) is 0 Å². The van der Waals surface area contributed by atoms with Crippen LogP contribution in [0.2, 0.25) is 0 Å². The van der Waals surface area contributed by atoms with Crippen molar-refractivity contribution in [3.8, 4) is 0 Å². The second kappa shape index (κ2) is 7.42. The summed E-state index contributed by atoms with van der Waals surface area (Å²) in [5.41, 5.74) is 3.30. The van der Waals surface area contributed by atoms with Gasteiger partial charge in [-0.1, -0.05) is 33.6 Å². The van der Waals surface area contributed by atoms with Crippen LogP contribution < -0.4 is 5.32 Å². The Morgan fingerprint density at radius 3 is 2.52 bits per heavy atom. The van der Waals surface area contributed by atoms with Gasteiger partial charge in [-0.2, -0.15) is 0 Å². The molecular weight excluding hydrogens is 356 g/mol. The number of aryl methyl sites for hydroxylation is 2. The zero-order valence-electron chi connectivity index (χ0n) is 13.4. The van der Waals surface area contributed by atoms with E-state index >= 15 is 0 Å². The van der Waals surface area contributed by atoms with Crippen LogP contribution in [-0.4, -0.2) is 30.3 Å². The van der Waals surface area contributed by atoms with Gasteiger partial charge in [-0.15, -0.1) is 0 Å². The summed E-state index contributed by atoms with van der Waals surface area (Å²) < 4.78 is 0.958. The Balaban J connectivity index is 2.00. The van der Waals surface area contributed by atoms with E-state index in [0.29, 0.717) is 5.56 Å². The molecule has 2 aromatic carbocycles. The zero-order chi connectivity index (χ0) is 17.0. The summed E-state index contributed by atoms with van der Waals surface area (Å²) in [7, 11) is 1.62. The highest BCUT2D eigenvalue weighted by atomic mass is 79.9. The molecule has 0 saturated heterocycles. The second-order valence-corrected chi connectivity index (χ2v) is 6.45. The van der Waals surface area contributed by atoms with Crippen LogP contribution in [0.4, 0.5) is 5.69 Å². The van der Waals surface area contributed by atoms with E-state index in [-0.39, 0.29) is 18.4 Å². The number of halogens is 1. The molecule has 5 heteroatoms. The molecule has 0 fully saturated rings. The third-order valence-corrected chi connectivity index (χ3v) is 3.95. The Kier molecular flexibility index (Phi) is 5.55. The Morgan fingerprint density at radius 1 is 1.13 bits per heavy atom. The fraction of sp³-hybridized carbons (Fsp3) is 0.222. The number of likely N-dealkylation sites (N-methyl/N-ethyl adjacent to an activating group) is 1. The molecule has 0 aliphatic carbocycles. The standard InChI is InChI=1S/C18H19BrN2O2/c1-12-5-4-6-14(9-12)18(23)21(3)11-17(22)20-16-8-7-15(19)10-13(16)2/h4-10H,11H2,1-3H3,(H,20,22).